The van der Waals surface area contributed by atoms with Gasteiger partial charge in [-0.15, -0.1) is 0 Å². The molecule has 0 radical (unpaired) electrons. The van der Waals surface area contributed by atoms with E-state index in [0.717, 1.165) is 0 Å². The normalized spacial score (nSPS) is 15.8. The highest BCUT2D eigenvalue weighted by molar-refractivity contribution is 5.58. The van der Waals surface area contributed by atoms with Crippen LogP contribution in [0.25, 0.3) is 0 Å². The molecule has 7 nitrogen and oxygen atoms in total. The number of nitrogens with two attached hydrogens (primary N) is 1. The Balaban J connectivity index is 2.35. The van der Waals surface area contributed by atoms with E-state index in [1.807, 2.05) is 6.07 Å². The van der Waals surface area contributed by atoms with Crippen LogP contribution in [-0.4, -0.2) is 14.2 Å². The maximum absolute atomic E-state index is 12.5. The van der Waals surface area contributed by atoms with Gasteiger partial charge in [-0.2, -0.15) is 5.26 Å². The molecule has 1 aromatic heterocycles. The fourth-order valence-corrected chi connectivity index (χ4v) is 2.89. The van der Waals surface area contributed by atoms with Crippen LogP contribution in [0.4, 0.5) is 0 Å². The molecule has 25 heavy (non-hydrogen) atoms. The lowest BCUT2D eigenvalue weighted by Gasteiger charge is -2.26. The molecule has 3 rings (SSSR count). The first-order valence-corrected chi connectivity index (χ1v) is 7.44. The Labute approximate surface area is 143 Å². The molecule has 2 N–H and O–H groups in total. The van der Waals surface area contributed by atoms with E-state index in [-0.39, 0.29) is 22.8 Å². The SMILES string of the molecule is COc1ccc(OC)c([C@H]2C(C#N)=C(N)Oc3cc(C)oc(=O)c32)c1. The Hall–Kier alpha value is -3.40. The van der Waals surface area contributed by atoms with Gasteiger partial charge < -0.3 is 24.4 Å². The number of benzene rings is 1. The van der Waals surface area contributed by atoms with Crippen LogP contribution in [0.3, 0.4) is 0 Å². The number of nitrogens with zero attached hydrogens (tertiary/aromatic N) is 1. The maximum atomic E-state index is 12.5. The van der Waals surface area contributed by atoms with Crippen molar-refractivity contribution in [3.8, 4) is 23.3 Å². The van der Waals surface area contributed by atoms with E-state index in [1.54, 1.807) is 31.2 Å². The second-order valence-corrected chi connectivity index (χ2v) is 5.46. The van der Waals surface area contributed by atoms with Gasteiger partial charge in [0.2, 0.25) is 5.88 Å². The number of ether oxygens (including phenoxy) is 3. The minimum atomic E-state index is -0.782. The Morgan fingerprint density at radius 2 is 2.00 bits per heavy atom. The van der Waals surface area contributed by atoms with Crippen LogP contribution in [0.1, 0.15) is 22.8 Å². The van der Waals surface area contributed by atoms with Crippen LogP contribution in [0.15, 0.2) is 44.9 Å². The lowest BCUT2D eigenvalue weighted by Crippen LogP contribution is -2.26. The molecule has 0 saturated carbocycles. The molecule has 0 amide bonds. The number of aryl methyl sites for hydroxylation is 1. The highest BCUT2D eigenvalue weighted by Gasteiger charge is 2.36. The van der Waals surface area contributed by atoms with Crippen LogP contribution in [0.5, 0.6) is 17.2 Å². The molecule has 0 aliphatic carbocycles. The van der Waals surface area contributed by atoms with Gasteiger partial charge in [0.15, 0.2) is 0 Å². The molecule has 1 aliphatic rings. The van der Waals surface area contributed by atoms with Gasteiger partial charge in [-0.25, -0.2) is 4.79 Å². The van der Waals surface area contributed by atoms with Gasteiger partial charge in [0.25, 0.3) is 0 Å². The molecular formula is C18H16N2O5. The Morgan fingerprint density at radius 1 is 1.24 bits per heavy atom. The molecule has 0 saturated heterocycles. The minimum absolute atomic E-state index is 0.0603. The number of hydrogen-bond donors (Lipinski definition) is 1. The third-order valence-corrected chi connectivity index (χ3v) is 4.00. The molecule has 0 unspecified atom stereocenters. The first kappa shape index (κ1) is 16.5. The molecule has 128 valence electrons. The van der Waals surface area contributed by atoms with Crippen LogP contribution < -0.4 is 25.6 Å². The number of rotatable bonds is 3. The average molecular weight is 340 g/mol. The molecule has 0 fully saturated rings. The number of allylic oxidation sites excluding steroid dienone is 1. The quantitative estimate of drug-likeness (QED) is 0.912. The molecule has 1 atom stereocenters. The van der Waals surface area contributed by atoms with Gasteiger partial charge >= 0.3 is 5.63 Å². The zero-order chi connectivity index (χ0) is 18.1. The van der Waals surface area contributed by atoms with Crippen LogP contribution >= 0.6 is 0 Å². The third-order valence-electron chi connectivity index (χ3n) is 4.00. The van der Waals surface area contributed by atoms with Gasteiger partial charge in [-0.1, -0.05) is 0 Å². The van der Waals surface area contributed by atoms with Crippen molar-refractivity contribution in [3.63, 3.8) is 0 Å². The lowest BCUT2D eigenvalue weighted by molar-refractivity contribution is 0.366. The molecule has 2 heterocycles. The predicted molar refractivity (Wildman–Crippen MR) is 88.6 cm³/mol. The van der Waals surface area contributed by atoms with E-state index >= 15 is 0 Å². The van der Waals surface area contributed by atoms with Crippen molar-refractivity contribution in [2.45, 2.75) is 12.8 Å². The predicted octanol–water partition coefficient (Wildman–Crippen LogP) is 2.18. The highest BCUT2D eigenvalue weighted by atomic mass is 16.5. The van der Waals surface area contributed by atoms with Crippen LogP contribution in [0, 0.1) is 18.3 Å². The van der Waals surface area contributed by atoms with Gasteiger partial charge in [-0.3, -0.25) is 0 Å². The maximum Gasteiger partial charge on any atom is 0.343 e. The molecule has 1 aromatic carbocycles. The van der Waals surface area contributed by atoms with Crippen LogP contribution in [0.2, 0.25) is 0 Å². The molecule has 0 bridgehead atoms. The highest BCUT2D eigenvalue weighted by Crippen LogP contribution is 2.44. The first-order chi connectivity index (χ1) is 12.0. The number of hydrogen-bond acceptors (Lipinski definition) is 7. The van der Waals surface area contributed by atoms with Gasteiger partial charge in [0.1, 0.15) is 34.7 Å². The van der Waals surface area contributed by atoms with E-state index < -0.39 is 11.5 Å². The monoisotopic (exact) mass is 340 g/mol. The summed E-state index contributed by atoms with van der Waals surface area (Å²) >= 11 is 0. The number of methoxy groups -OCH3 is 2. The molecule has 2 aromatic rings. The van der Waals surface area contributed by atoms with Crippen molar-refractivity contribution in [1.29, 1.82) is 5.26 Å². The number of fused-ring (bicyclic) bond motifs is 1. The smallest absolute Gasteiger partial charge is 0.343 e. The van der Waals surface area contributed by atoms with Gasteiger partial charge in [0, 0.05) is 11.6 Å². The van der Waals surface area contributed by atoms with E-state index in [2.05, 4.69) is 0 Å². The molecule has 0 spiro atoms. The largest absolute Gasteiger partial charge is 0.497 e. The summed E-state index contributed by atoms with van der Waals surface area (Å²) in [6.07, 6.45) is 0. The first-order valence-electron chi connectivity index (χ1n) is 7.44. The van der Waals surface area contributed by atoms with E-state index in [0.29, 0.717) is 22.8 Å². The van der Waals surface area contributed by atoms with E-state index in [4.69, 9.17) is 24.4 Å². The van der Waals surface area contributed by atoms with Gasteiger partial charge in [-0.05, 0) is 25.1 Å². The summed E-state index contributed by atoms with van der Waals surface area (Å²) in [7, 11) is 3.03. The molecule has 1 aliphatic heterocycles. The zero-order valence-corrected chi connectivity index (χ0v) is 14.0. The third kappa shape index (κ3) is 2.68. The second-order valence-electron chi connectivity index (χ2n) is 5.46. The van der Waals surface area contributed by atoms with E-state index in [9.17, 15) is 10.1 Å². The average Bonchev–Trinajstić information content (AvgIpc) is 2.59. The summed E-state index contributed by atoms with van der Waals surface area (Å²) in [5, 5.41) is 9.58. The topological polar surface area (TPSA) is 108 Å². The van der Waals surface area contributed by atoms with Crippen molar-refractivity contribution in [1.82, 2.24) is 0 Å². The van der Waals surface area contributed by atoms with Gasteiger partial charge in [0.05, 0.1) is 25.7 Å². The van der Waals surface area contributed by atoms with Crippen LogP contribution in [-0.2, 0) is 0 Å². The Morgan fingerprint density at radius 3 is 2.64 bits per heavy atom. The summed E-state index contributed by atoms with van der Waals surface area (Å²) in [6, 6.07) is 8.71. The summed E-state index contributed by atoms with van der Waals surface area (Å²) in [5.74, 6) is 0.842. The molecular weight excluding hydrogens is 324 g/mol. The number of nitriles is 1. The van der Waals surface area contributed by atoms with E-state index in [1.165, 1.54) is 14.2 Å². The summed E-state index contributed by atoms with van der Waals surface area (Å²) in [5.41, 5.74) is 6.19. The fraction of sp³-hybridized carbons (Fsp3) is 0.222. The van der Waals surface area contributed by atoms with Crippen molar-refractivity contribution in [2.75, 3.05) is 14.2 Å². The molecule has 7 heteroatoms. The summed E-state index contributed by atoms with van der Waals surface area (Å²) < 4.78 is 21.3. The zero-order valence-electron chi connectivity index (χ0n) is 14.0. The fourth-order valence-electron chi connectivity index (χ4n) is 2.89. The summed E-state index contributed by atoms with van der Waals surface area (Å²) in [6.45, 7) is 1.63. The Bertz CT molecular complexity index is 968. The van der Waals surface area contributed by atoms with Crippen molar-refractivity contribution in [2.24, 2.45) is 5.73 Å². The lowest BCUT2D eigenvalue weighted by atomic mass is 9.83. The van der Waals surface area contributed by atoms with Crippen molar-refractivity contribution >= 4 is 0 Å². The summed E-state index contributed by atoms with van der Waals surface area (Å²) in [4.78, 5) is 12.5. The van der Waals surface area contributed by atoms with Crippen molar-refractivity contribution in [3.05, 3.63) is 63.0 Å². The Kier molecular flexibility index (Phi) is 4.11. The minimum Gasteiger partial charge on any atom is -0.497 e. The second kappa shape index (κ2) is 6.24. The standard InChI is InChI=1S/C18H16N2O5/c1-9-6-14-16(18(21)24-9)15(12(8-19)17(20)25-14)11-7-10(22-2)4-5-13(11)23-3/h4-7,15H,20H2,1-3H3/t15-/m0/s1. The van der Waals surface area contributed by atoms with Crippen molar-refractivity contribution < 1.29 is 18.6 Å².